The van der Waals surface area contributed by atoms with Gasteiger partial charge < -0.3 is 5.32 Å². The van der Waals surface area contributed by atoms with Crippen molar-refractivity contribution in [2.45, 2.75) is 13.8 Å². The Morgan fingerprint density at radius 3 is 2.71 bits per heavy atom. The average Bonchev–Trinajstić information content (AvgIpc) is 3.09. The molecular weight excluding hydrogens is 266 g/mol. The Bertz CT molecular complexity index is 754. The molecule has 106 valence electrons. The van der Waals surface area contributed by atoms with Crippen molar-refractivity contribution in [3.05, 3.63) is 53.5 Å². The molecule has 0 aliphatic carbocycles. The number of nitrogens with zero attached hydrogens (tertiary/aromatic N) is 2. The summed E-state index contributed by atoms with van der Waals surface area (Å²) in [5.41, 5.74) is 4.63. The van der Waals surface area contributed by atoms with E-state index in [1.807, 2.05) is 37.3 Å². The van der Waals surface area contributed by atoms with Crippen LogP contribution in [0, 0.1) is 13.8 Å². The van der Waals surface area contributed by atoms with Gasteiger partial charge >= 0.3 is 0 Å². The van der Waals surface area contributed by atoms with Crippen molar-refractivity contribution < 1.29 is 4.79 Å². The van der Waals surface area contributed by atoms with E-state index < -0.39 is 0 Å². The van der Waals surface area contributed by atoms with Gasteiger partial charge in [0.05, 0.1) is 17.0 Å². The fourth-order valence-electron chi connectivity index (χ4n) is 2.26. The summed E-state index contributed by atoms with van der Waals surface area (Å²) in [6.07, 6.45) is 1.69. The van der Waals surface area contributed by atoms with Crippen LogP contribution in [0.15, 0.2) is 36.5 Å². The standard InChI is InChI=1S/C15H15N5O/c1-9-14(10(2)19-18-9)15(21)17-12-5-3-4-11(8-12)13-6-7-16-20-13/h3-8H,1-2H3,(H,16,20)(H,17,21)(H,18,19). The van der Waals surface area contributed by atoms with Gasteiger partial charge in [0.2, 0.25) is 0 Å². The molecule has 2 aromatic heterocycles. The lowest BCUT2D eigenvalue weighted by Gasteiger charge is -2.07. The van der Waals surface area contributed by atoms with Crippen LogP contribution in [0.3, 0.4) is 0 Å². The number of hydrogen-bond donors (Lipinski definition) is 3. The van der Waals surface area contributed by atoms with E-state index in [1.54, 1.807) is 13.1 Å². The zero-order valence-electron chi connectivity index (χ0n) is 11.8. The number of anilines is 1. The lowest BCUT2D eigenvalue weighted by Crippen LogP contribution is -2.13. The fourth-order valence-corrected chi connectivity index (χ4v) is 2.26. The largest absolute Gasteiger partial charge is 0.322 e. The molecule has 6 heteroatoms. The highest BCUT2D eigenvalue weighted by Gasteiger charge is 2.15. The summed E-state index contributed by atoms with van der Waals surface area (Å²) in [7, 11) is 0. The number of benzene rings is 1. The third-order valence-corrected chi connectivity index (χ3v) is 3.29. The lowest BCUT2D eigenvalue weighted by molar-refractivity contribution is 0.102. The molecule has 2 heterocycles. The summed E-state index contributed by atoms with van der Waals surface area (Å²) in [4.78, 5) is 12.3. The Balaban J connectivity index is 1.86. The maximum Gasteiger partial charge on any atom is 0.259 e. The summed E-state index contributed by atoms with van der Waals surface area (Å²) in [5.74, 6) is -0.166. The van der Waals surface area contributed by atoms with Crippen LogP contribution in [-0.4, -0.2) is 26.3 Å². The van der Waals surface area contributed by atoms with Gasteiger partial charge in [0.25, 0.3) is 5.91 Å². The Hall–Kier alpha value is -2.89. The Kier molecular flexibility index (Phi) is 3.27. The van der Waals surface area contributed by atoms with E-state index in [4.69, 9.17) is 0 Å². The van der Waals surface area contributed by atoms with Crippen molar-refractivity contribution in [3.63, 3.8) is 0 Å². The van der Waals surface area contributed by atoms with E-state index in [9.17, 15) is 4.79 Å². The number of carbonyl (C=O) groups excluding carboxylic acids is 1. The van der Waals surface area contributed by atoms with Crippen LogP contribution in [0.5, 0.6) is 0 Å². The number of aryl methyl sites for hydroxylation is 2. The first-order valence-corrected chi connectivity index (χ1v) is 6.58. The number of nitrogens with one attached hydrogen (secondary N) is 3. The predicted octanol–water partition coefficient (Wildman–Crippen LogP) is 2.67. The molecule has 0 bridgehead atoms. The summed E-state index contributed by atoms with van der Waals surface area (Å²) < 4.78 is 0. The number of H-pyrrole nitrogens is 2. The van der Waals surface area contributed by atoms with Crippen molar-refractivity contribution in [1.29, 1.82) is 0 Å². The molecule has 1 amide bonds. The van der Waals surface area contributed by atoms with Crippen molar-refractivity contribution >= 4 is 11.6 Å². The monoisotopic (exact) mass is 281 g/mol. The van der Waals surface area contributed by atoms with E-state index in [0.717, 1.165) is 22.6 Å². The molecule has 0 atom stereocenters. The summed E-state index contributed by atoms with van der Waals surface area (Å²) >= 11 is 0. The summed E-state index contributed by atoms with van der Waals surface area (Å²) in [5, 5.41) is 16.6. The van der Waals surface area contributed by atoms with Crippen LogP contribution in [0.1, 0.15) is 21.7 Å². The second-order valence-corrected chi connectivity index (χ2v) is 4.81. The van der Waals surface area contributed by atoms with Gasteiger partial charge in [-0.25, -0.2) is 0 Å². The lowest BCUT2D eigenvalue weighted by atomic mass is 10.1. The highest BCUT2D eigenvalue weighted by Crippen LogP contribution is 2.21. The minimum atomic E-state index is -0.166. The van der Waals surface area contributed by atoms with E-state index in [0.29, 0.717) is 11.3 Å². The topological polar surface area (TPSA) is 86.5 Å². The molecule has 0 saturated carbocycles. The first kappa shape index (κ1) is 13.1. The molecule has 0 spiro atoms. The number of aromatic nitrogens is 4. The second-order valence-electron chi connectivity index (χ2n) is 4.81. The minimum absolute atomic E-state index is 0.166. The minimum Gasteiger partial charge on any atom is -0.322 e. The third-order valence-electron chi connectivity index (χ3n) is 3.29. The van der Waals surface area contributed by atoms with Gasteiger partial charge in [0, 0.05) is 23.1 Å². The van der Waals surface area contributed by atoms with Crippen LogP contribution < -0.4 is 5.32 Å². The van der Waals surface area contributed by atoms with Crippen LogP contribution in [-0.2, 0) is 0 Å². The van der Waals surface area contributed by atoms with Gasteiger partial charge in [0.1, 0.15) is 0 Å². The molecule has 1 aromatic carbocycles. The molecular formula is C15H15N5O. The smallest absolute Gasteiger partial charge is 0.259 e. The van der Waals surface area contributed by atoms with Crippen LogP contribution in [0.25, 0.3) is 11.3 Å². The molecule has 0 aliphatic heterocycles. The van der Waals surface area contributed by atoms with E-state index in [2.05, 4.69) is 25.7 Å². The first-order chi connectivity index (χ1) is 10.1. The van der Waals surface area contributed by atoms with Gasteiger partial charge in [-0.1, -0.05) is 12.1 Å². The summed E-state index contributed by atoms with van der Waals surface area (Å²) in [6.45, 7) is 3.63. The molecule has 3 aromatic rings. The van der Waals surface area contributed by atoms with Crippen LogP contribution in [0.2, 0.25) is 0 Å². The Morgan fingerprint density at radius 1 is 1.19 bits per heavy atom. The first-order valence-electron chi connectivity index (χ1n) is 6.58. The average molecular weight is 281 g/mol. The predicted molar refractivity (Wildman–Crippen MR) is 80.0 cm³/mol. The number of amides is 1. The van der Waals surface area contributed by atoms with Crippen molar-refractivity contribution in [2.75, 3.05) is 5.32 Å². The molecule has 3 rings (SSSR count). The van der Waals surface area contributed by atoms with E-state index in [1.165, 1.54) is 0 Å². The van der Waals surface area contributed by atoms with E-state index >= 15 is 0 Å². The molecule has 21 heavy (non-hydrogen) atoms. The zero-order valence-corrected chi connectivity index (χ0v) is 11.8. The van der Waals surface area contributed by atoms with Crippen LogP contribution in [0.4, 0.5) is 5.69 Å². The van der Waals surface area contributed by atoms with Crippen molar-refractivity contribution in [1.82, 2.24) is 20.4 Å². The number of rotatable bonds is 3. The van der Waals surface area contributed by atoms with Gasteiger partial charge in [-0.15, -0.1) is 0 Å². The molecule has 3 N–H and O–H groups in total. The second kappa shape index (κ2) is 5.24. The molecule has 0 saturated heterocycles. The molecule has 6 nitrogen and oxygen atoms in total. The van der Waals surface area contributed by atoms with Crippen LogP contribution >= 0.6 is 0 Å². The quantitative estimate of drug-likeness (QED) is 0.689. The SMILES string of the molecule is Cc1n[nH]c(C)c1C(=O)Nc1cccc(-c2ccn[nH]2)c1. The van der Waals surface area contributed by atoms with E-state index in [-0.39, 0.29) is 5.91 Å². The van der Waals surface area contributed by atoms with Gasteiger partial charge in [-0.2, -0.15) is 10.2 Å². The Labute approximate surface area is 121 Å². The van der Waals surface area contributed by atoms with Gasteiger partial charge in [-0.05, 0) is 32.0 Å². The number of hydrogen-bond acceptors (Lipinski definition) is 3. The molecule has 0 unspecified atom stereocenters. The maximum absolute atomic E-state index is 12.3. The Morgan fingerprint density at radius 2 is 2.05 bits per heavy atom. The van der Waals surface area contributed by atoms with Crippen molar-refractivity contribution in [2.24, 2.45) is 0 Å². The number of aromatic amines is 2. The zero-order chi connectivity index (χ0) is 14.8. The molecule has 0 aliphatic rings. The van der Waals surface area contributed by atoms with Gasteiger partial charge in [0.15, 0.2) is 0 Å². The maximum atomic E-state index is 12.3. The molecule has 0 radical (unpaired) electrons. The number of carbonyl (C=O) groups is 1. The normalized spacial score (nSPS) is 10.6. The highest BCUT2D eigenvalue weighted by molar-refractivity contribution is 6.06. The summed E-state index contributed by atoms with van der Waals surface area (Å²) in [6, 6.07) is 9.47. The third kappa shape index (κ3) is 2.55. The molecule has 0 fully saturated rings. The van der Waals surface area contributed by atoms with Crippen molar-refractivity contribution in [3.8, 4) is 11.3 Å². The highest BCUT2D eigenvalue weighted by atomic mass is 16.1. The van der Waals surface area contributed by atoms with Gasteiger partial charge in [-0.3, -0.25) is 15.0 Å². The fraction of sp³-hybridized carbons (Fsp3) is 0.133.